The van der Waals surface area contributed by atoms with E-state index in [0.717, 1.165) is 6.42 Å². The Hall–Kier alpha value is -0.120. The SMILES string of the molecule is COC[C@@H]1C[C@H](C)[C@@H](OC)O1. The molecule has 3 heteroatoms. The molecule has 0 saturated carbocycles. The van der Waals surface area contributed by atoms with Gasteiger partial charge in [-0.1, -0.05) is 6.92 Å². The molecule has 0 unspecified atom stereocenters. The Balaban J connectivity index is 2.30. The summed E-state index contributed by atoms with van der Waals surface area (Å²) < 4.78 is 15.6. The van der Waals surface area contributed by atoms with E-state index in [1.165, 1.54) is 0 Å². The van der Waals surface area contributed by atoms with Gasteiger partial charge < -0.3 is 14.2 Å². The zero-order valence-corrected chi connectivity index (χ0v) is 7.37. The Labute approximate surface area is 67.6 Å². The normalized spacial score (nSPS) is 37.9. The van der Waals surface area contributed by atoms with Crippen LogP contribution in [-0.4, -0.2) is 33.2 Å². The fourth-order valence-corrected chi connectivity index (χ4v) is 1.49. The number of methoxy groups -OCH3 is 2. The first-order chi connectivity index (χ1) is 5.27. The van der Waals surface area contributed by atoms with Crippen LogP contribution in [0.4, 0.5) is 0 Å². The Kier molecular flexibility index (Phi) is 3.30. The van der Waals surface area contributed by atoms with E-state index in [1.807, 2.05) is 0 Å². The molecule has 1 fully saturated rings. The maximum absolute atomic E-state index is 5.52. The first-order valence-corrected chi connectivity index (χ1v) is 3.95. The molecule has 3 nitrogen and oxygen atoms in total. The number of rotatable bonds is 3. The summed E-state index contributed by atoms with van der Waals surface area (Å²) in [5.41, 5.74) is 0. The average molecular weight is 160 g/mol. The molecule has 1 aliphatic rings. The van der Waals surface area contributed by atoms with Gasteiger partial charge in [0.25, 0.3) is 0 Å². The molecule has 66 valence electrons. The van der Waals surface area contributed by atoms with E-state index in [-0.39, 0.29) is 12.4 Å². The zero-order valence-electron chi connectivity index (χ0n) is 7.37. The Morgan fingerprint density at radius 3 is 2.64 bits per heavy atom. The van der Waals surface area contributed by atoms with Crippen LogP contribution in [0.1, 0.15) is 13.3 Å². The maximum Gasteiger partial charge on any atom is 0.160 e. The summed E-state index contributed by atoms with van der Waals surface area (Å²) in [6, 6.07) is 0. The lowest BCUT2D eigenvalue weighted by molar-refractivity contribution is -0.138. The molecule has 1 heterocycles. The minimum Gasteiger partial charge on any atom is -0.382 e. The lowest BCUT2D eigenvalue weighted by Gasteiger charge is -2.12. The minimum atomic E-state index is -0.0323. The molecule has 3 atom stereocenters. The third kappa shape index (κ3) is 2.15. The quantitative estimate of drug-likeness (QED) is 0.617. The highest BCUT2D eigenvalue weighted by atomic mass is 16.7. The molecule has 0 aromatic carbocycles. The molecule has 0 amide bonds. The molecule has 1 aliphatic heterocycles. The average Bonchev–Trinajstić information content (AvgIpc) is 2.32. The summed E-state index contributed by atoms with van der Waals surface area (Å²) in [6.45, 7) is 2.80. The maximum atomic E-state index is 5.52. The van der Waals surface area contributed by atoms with Gasteiger partial charge in [0.2, 0.25) is 0 Å². The molecule has 0 spiro atoms. The highest BCUT2D eigenvalue weighted by molar-refractivity contribution is 4.73. The summed E-state index contributed by atoms with van der Waals surface area (Å²) in [5, 5.41) is 0. The van der Waals surface area contributed by atoms with E-state index < -0.39 is 0 Å². The summed E-state index contributed by atoms with van der Waals surface area (Å²) in [4.78, 5) is 0. The molecule has 0 aromatic heterocycles. The molecule has 0 aliphatic carbocycles. The second kappa shape index (κ2) is 4.04. The fourth-order valence-electron chi connectivity index (χ4n) is 1.49. The van der Waals surface area contributed by atoms with Crippen LogP contribution in [0.25, 0.3) is 0 Å². The molecule has 1 rings (SSSR count). The van der Waals surface area contributed by atoms with E-state index in [9.17, 15) is 0 Å². The molecule has 0 N–H and O–H groups in total. The van der Waals surface area contributed by atoms with Crippen LogP contribution < -0.4 is 0 Å². The highest BCUT2D eigenvalue weighted by Gasteiger charge is 2.31. The lowest BCUT2D eigenvalue weighted by Crippen LogP contribution is -2.18. The van der Waals surface area contributed by atoms with Gasteiger partial charge >= 0.3 is 0 Å². The van der Waals surface area contributed by atoms with Crippen LogP contribution in [0.15, 0.2) is 0 Å². The minimum absolute atomic E-state index is 0.0323. The van der Waals surface area contributed by atoms with Crippen LogP contribution in [0.3, 0.4) is 0 Å². The van der Waals surface area contributed by atoms with Crippen molar-refractivity contribution >= 4 is 0 Å². The van der Waals surface area contributed by atoms with Crippen LogP contribution in [0, 0.1) is 5.92 Å². The Morgan fingerprint density at radius 2 is 2.18 bits per heavy atom. The van der Waals surface area contributed by atoms with Gasteiger partial charge in [0.15, 0.2) is 6.29 Å². The van der Waals surface area contributed by atoms with Crippen molar-refractivity contribution in [2.75, 3.05) is 20.8 Å². The summed E-state index contributed by atoms with van der Waals surface area (Å²) in [7, 11) is 3.37. The van der Waals surface area contributed by atoms with Crippen LogP contribution >= 0.6 is 0 Å². The highest BCUT2D eigenvalue weighted by Crippen LogP contribution is 2.26. The van der Waals surface area contributed by atoms with Crippen molar-refractivity contribution in [3.8, 4) is 0 Å². The first-order valence-electron chi connectivity index (χ1n) is 3.95. The smallest absolute Gasteiger partial charge is 0.160 e. The van der Waals surface area contributed by atoms with Crippen molar-refractivity contribution in [1.82, 2.24) is 0 Å². The van der Waals surface area contributed by atoms with Crippen LogP contribution in [0.5, 0.6) is 0 Å². The van der Waals surface area contributed by atoms with E-state index >= 15 is 0 Å². The van der Waals surface area contributed by atoms with Gasteiger partial charge in [0.1, 0.15) is 0 Å². The number of ether oxygens (including phenoxy) is 3. The zero-order chi connectivity index (χ0) is 8.27. The third-order valence-corrected chi connectivity index (χ3v) is 2.01. The monoisotopic (exact) mass is 160 g/mol. The standard InChI is InChI=1S/C8H16O3/c1-6-4-7(5-9-2)11-8(6)10-3/h6-8H,4-5H2,1-3H3/t6-,7-,8-/m0/s1. The Bertz CT molecular complexity index is 116. The summed E-state index contributed by atoms with van der Waals surface area (Å²) in [6.07, 6.45) is 1.22. The third-order valence-electron chi connectivity index (χ3n) is 2.01. The predicted octanol–water partition coefficient (Wildman–Crippen LogP) is 1.03. The fraction of sp³-hybridized carbons (Fsp3) is 1.00. The second-order valence-electron chi connectivity index (χ2n) is 3.03. The van der Waals surface area contributed by atoms with Crippen molar-refractivity contribution in [1.29, 1.82) is 0 Å². The van der Waals surface area contributed by atoms with Crippen molar-refractivity contribution in [3.05, 3.63) is 0 Å². The van der Waals surface area contributed by atoms with Gasteiger partial charge in [-0.2, -0.15) is 0 Å². The second-order valence-corrected chi connectivity index (χ2v) is 3.03. The largest absolute Gasteiger partial charge is 0.382 e. The van der Waals surface area contributed by atoms with Crippen molar-refractivity contribution in [3.63, 3.8) is 0 Å². The first kappa shape index (κ1) is 8.97. The molecular formula is C8H16O3. The van der Waals surface area contributed by atoms with E-state index in [2.05, 4.69) is 6.92 Å². The van der Waals surface area contributed by atoms with Gasteiger partial charge in [0, 0.05) is 20.1 Å². The van der Waals surface area contributed by atoms with E-state index in [1.54, 1.807) is 14.2 Å². The number of hydrogen-bond donors (Lipinski definition) is 0. The van der Waals surface area contributed by atoms with Gasteiger partial charge in [-0.3, -0.25) is 0 Å². The van der Waals surface area contributed by atoms with Crippen molar-refractivity contribution in [2.24, 2.45) is 5.92 Å². The van der Waals surface area contributed by atoms with Crippen LogP contribution in [0.2, 0.25) is 0 Å². The Morgan fingerprint density at radius 1 is 1.45 bits per heavy atom. The molecule has 0 radical (unpaired) electrons. The molecule has 0 bridgehead atoms. The molecule has 11 heavy (non-hydrogen) atoms. The van der Waals surface area contributed by atoms with Gasteiger partial charge in [-0.25, -0.2) is 0 Å². The predicted molar refractivity (Wildman–Crippen MR) is 41.3 cm³/mol. The van der Waals surface area contributed by atoms with Gasteiger partial charge in [0.05, 0.1) is 12.7 Å². The molecule has 1 saturated heterocycles. The molecule has 0 aromatic rings. The molecular weight excluding hydrogens is 144 g/mol. The summed E-state index contributed by atoms with van der Waals surface area (Å²) >= 11 is 0. The van der Waals surface area contributed by atoms with Gasteiger partial charge in [-0.05, 0) is 6.42 Å². The van der Waals surface area contributed by atoms with Crippen molar-refractivity contribution in [2.45, 2.75) is 25.7 Å². The lowest BCUT2D eigenvalue weighted by atomic mass is 10.1. The van der Waals surface area contributed by atoms with Crippen molar-refractivity contribution < 1.29 is 14.2 Å². The van der Waals surface area contributed by atoms with Crippen LogP contribution in [-0.2, 0) is 14.2 Å². The van der Waals surface area contributed by atoms with Gasteiger partial charge in [-0.15, -0.1) is 0 Å². The van der Waals surface area contributed by atoms with E-state index in [4.69, 9.17) is 14.2 Å². The number of hydrogen-bond acceptors (Lipinski definition) is 3. The summed E-state index contributed by atoms with van der Waals surface area (Å²) in [5.74, 6) is 0.486. The van der Waals surface area contributed by atoms with E-state index in [0.29, 0.717) is 12.5 Å². The topological polar surface area (TPSA) is 27.7 Å².